The molecule has 4 aromatic rings. The number of hydrogen-bond acceptors (Lipinski definition) is 5. The lowest BCUT2D eigenvalue weighted by Crippen LogP contribution is -2.28. The van der Waals surface area contributed by atoms with E-state index in [4.69, 9.17) is 21.4 Å². The van der Waals surface area contributed by atoms with Gasteiger partial charge in [-0.1, -0.05) is 31.5 Å². The van der Waals surface area contributed by atoms with Crippen molar-refractivity contribution in [3.8, 4) is 17.0 Å². The maximum Gasteiger partial charge on any atom is 0.148 e. The Labute approximate surface area is 187 Å². The highest BCUT2D eigenvalue weighted by molar-refractivity contribution is 6.34. The number of aromatic nitrogens is 5. The summed E-state index contributed by atoms with van der Waals surface area (Å²) in [6.45, 7) is 10.7. The zero-order chi connectivity index (χ0) is 22.0. The molecule has 0 bridgehead atoms. The third-order valence-electron chi connectivity index (χ3n) is 5.38. The molecule has 4 aromatic heterocycles. The summed E-state index contributed by atoms with van der Waals surface area (Å²) in [5.41, 5.74) is 6.01. The standard InChI is InChI=1S/C21H21ClN6O.C2H6/c1-13-18-11-24-6-7-27(18)26-20(13)16-8-19(21-17(22)10-25-28(21)12-16)29-14(2)15-4-3-5-23-9-15;1-2/h3-5,8-10,12,14,24H,6-7,11H2,1-2H3;1-2H3. The highest BCUT2D eigenvalue weighted by Gasteiger charge is 2.21. The number of rotatable bonds is 4. The van der Waals surface area contributed by atoms with E-state index >= 15 is 0 Å². The van der Waals surface area contributed by atoms with E-state index in [1.54, 1.807) is 16.9 Å². The first-order chi connectivity index (χ1) is 15.1. The van der Waals surface area contributed by atoms with E-state index in [0.29, 0.717) is 10.8 Å². The van der Waals surface area contributed by atoms with Gasteiger partial charge in [0.25, 0.3) is 0 Å². The molecule has 1 atom stereocenters. The number of nitrogens with zero attached hydrogens (tertiary/aromatic N) is 5. The van der Waals surface area contributed by atoms with Gasteiger partial charge in [-0.25, -0.2) is 4.52 Å². The van der Waals surface area contributed by atoms with Crippen LogP contribution in [-0.2, 0) is 13.1 Å². The molecule has 1 aliphatic rings. The van der Waals surface area contributed by atoms with Crippen LogP contribution in [0.1, 0.15) is 43.7 Å². The molecule has 5 heterocycles. The van der Waals surface area contributed by atoms with Crippen molar-refractivity contribution in [2.75, 3.05) is 6.54 Å². The van der Waals surface area contributed by atoms with Crippen LogP contribution in [0.25, 0.3) is 16.8 Å². The quantitative estimate of drug-likeness (QED) is 0.494. The van der Waals surface area contributed by atoms with Crippen LogP contribution in [0.5, 0.6) is 5.75 Å². The molecule has 8 heteroatoms. The lowest BCUT2D eigenvalue weighted by atomic mass is 10.1. The minimum Gasteiger partial charge on any atom is -0.484 e. The lowest BCUT2D eigenvalue weighted by Gasteiger charge is -2.16. The van der Waals surface area contributed by atoms with E-state index in [0.717, 1.165) is 42.0 Å². The van der Waals surface area contributed by atoms with Crippen molar-refractivity contribution in [3.05, 3.63) is 64.8 Å². The van der Waals surface area contributed by atoms with Gasteiger partial charge in [-0.05, 0) is 31.5 Å². The second kappa shape index (κ2) is 9.08. The molecule has 1 unspecified atom stereocenters. The summed E-state index contributed by atoms with van der Waals surface area (Å²) in [7, 11) is 0. The molecule has 0 saturated carbocycles. The van der Waals surface area contributed by atoms with Crippen LogP contribution in [0.2, 0.25) is 5.02 Å². The summed E-state index contributed by atoms with van der Waals surface area (Å²) >= 11 is 6.42. The van der Waals surface area contributed by atoms with Crippen molar-refractivity contribution in [1.29, 1.82) is 0 Å². The third-order valence-corrected chi connectivity index (χ3v) is 5.65. The van der Waals surface area contributed by atoms with E-state index < -0.39 is 0 Å². The van der Waals surface area contributed by atoms with Gasteiger partial charge in [-0.3, -0.25) is 9.67 Å². The Balaban J connectivity index is 0.00000112. The van der Waals surface area contributed by atoms with E-state index in [1.165, 1.54) is 11.3 Å². The molecule has 0 fully saturated rings. The topological polar surface area (TPSA) is 69.3 Å². The van der Waals surface area contributed by atoms with E-state index in [9.17, 15) is 0 Å². The molecule has 31 heavy (non-hydrogen) atoms. The number of halogens is 1. The number of fused-ring (bicyclic) bond motifs is 2. The molecule has 0 saturated heterocycles. The monoisotopic (exact) mass is 438 g/mol. The van der Waals surface area contributed by atoms with Gasteiger partial charge in [0.15, 0.2) is 0 Å². The van der Waals surface area contributed by atoms with Gasteiger partial charge in [0.2, 0.25) is 0 Å². The highest BCUT2D eigenvalue weighted by Crippen LogP contribution is 2.35. The fourth-order valence-electron chi connectivity index (χ4n) is 3.80. The summed E-state index contributed by atoms with van der Waals surface area (Å²) in [5.74, 6) is 0.671. The average molecular weight is 439 g/mol. The summed E-state index contributed by atoms with van der Waals surface area (Å²) in [6, 6.07) is 5.90. The maximum atomic E-state index is 6.42. The van der Waals surface area contributed by atoms with Crippen molar-refractivity contribution in [3.63, 3.8) is 0 Å². The number of ether oxygens (including phenoxy) is 1. The van der Waals surface area contributed by atoms with Gasteiger partial charge in [0, 0.05) is 42.8 Å². The molecular formula is C23H27ClN6O. The molecule has 162 valence electrons. The lowest BCUT2D eigenvalue weighted by molar-refractivity contribution is 0.228. The van der Waals surface area contributed by atoms with Crippen LogP contribution in [0.15, 0.2) is 43.0 Å². The van der Waals surface area contributed by atoms with Crippen LogP contribution in [0, 0.1) is 6.92 Å². The van der Waals surface area contributed by atoms with Gasteiger partial charge < -0.3 is 10.1 Å². The number of pyridine rings is 2. The Morgan fingerprint density at radius 2 is 2.10 bits per heavy atom. The van der Waals surface area contributed by atoms with Crippen molar-refractivity contribution in [1.82, 2.24) is 29.7 Å². The Morgan fingerprint density at radius 1 is 1.26 bits per heavy atom. The zero-order valence-corrected chi connectivity index (χ0v) is 19.0. The molecule has 1 aliphatic heterocycles. The van der Waals surface area contributed by atoms with Crippen LogP contribution in [0.3, 0.4) is 0 Å². The van der Waals surface area contributed by atoms with E-state index in [1.807, 2.05) is 51.4 Å². The molecule has 7 nitrogen and oxygen atoms in total. The van der Waals surface area contributed by atoms with Gasteiger partial charge in [0.1, 0.15) is 17.4 Å². The number of nitrogens with one attached hydrogen (secondary N) is 1. The van der Waals surface area contributed by atoms with Crippen molar-refractivity contribution < 1.29 is 4.74 Å². The predicted molar refractivity (Wildman–Crippen MR) is 122 cm³/mol. The largest absolute Gasteiger partial charge is 0.484 e. The van der Waals surface area contributed by atoms with Crippen molar-refractivity contribution >= 4 is 17.1 Å². The summed E-state index contributed by atoms with van der Waals surface area (Å²) < 4.78 is 10.2. The average Bonchev–Trinajstić information content (AvgIpc) is 3.36. The Bertz CT molecular complexity index is 1180. The van der Waals surface area contributed by atoms with Crippen molar-refractivity contribution in [2.24, 2.45) is 0 Å². The van der Waals surface area contributed by atoms with Gasteiger partial charge >= 0.3 is 0 Å². The molecule has 5 rings (SSSR count). The Kier molecular flexibility index (Phi) is 6.25. The minimum atomic E-state index is -0.186. The normalized spacial score (nSPS) is 14.0. The molecule has 0 aliphatic carbocycles. The molecule has 0 aromatic carbocycles. The van der Waals surface area contributed by atoms with E-state index in [2.05, 4.69) is 27.0 Å². The fraction of sp³-hybridized carbons (Fsp3) is 0.348. The smallest absolute Gasteiger partial charge is 0.148 e. The SMILES string of the molecule is CC.Cc1c(-c2cc(OC(C)c3cccnc3)c3c(Cl)cnn3c2)nn2c1CNCC2. The second-order valence-electron chi connectivity index (χ2n) is 7.25. The van der Waals surface area contributed by atoms with Crippen molar-refractivity contribution in [2.45, 2.75) is 46.9 Å². The molecule has 0 amide bonds. The second-order valence-corrected chi connectivity index (χ2v) is 7.65. The highest BCUT2D eigenvalue weighted by atomic mass is 35.5. The van der Waals surface area contributed by atoms with Crippen LogP contribution in [0.4, 0.5) is 0 Å². The predicted octanol–water partition coefficient (Wildman–Crippen LogP) is 4.82. The van der Waals surface area contributed by atoms with Crippen LogP contribution in [-0.4, -0.2) is 30.9 Å². The van der Waals surface area contributed by atoms with Crippen LogP contribution >= 0.6 is 11.6 Å². The summed E-state index contributed by atoms with van der Waals surface area (Å²) in [4.78, 5) is 4.19. The van der Waals surface area contributed by atoms with Gasteiger partial charge in [-0.2, -0.15) is 10.2 Å². The molecule has 1 N–H and O–H groups in total. The number of hydrogen-bond donors (Lipinski definition) is 1. The van der Waals surface area contributed by atoms with Gasteiger partial charge in [-0.15, -0.1) is 0 Å². The Hall–Kier alpha value is -2.90. The Morgan fingerprint density at radius 3 is 2.84 bits per heavy atom. The fourth-order valence-corrected chi connectivity index (χ4v) is 4.03. The zero-order valence-electron chi connectivity index (χ0n) is 18.3. The summed E-state index contributed by atoms with van der Waals surface area (Å²) in [6.07, 6.45) is 6.97. The van der Waals surface area contributed by atoms with Gasteiger partial charge in [0.05, 0.1) is 29.2 Å². The first kappa shape index (κ1) is 21.3. The third kappa shape index (κ3) is 4.03. The first-order valence-electron chi connectivity index (χ1n) is 10.6. The molecular weight excluding hydrogens is 412 g/mol. The maximum absolute atomic E-state index is 6.42. The minimum absolute atomic E-state index is 0.186. The molecule has 0 spiro atoms. The summed E-state index contributed by atoms with van der Waals surface area (Å²) in [5, 5.41) is 13.2. The van der Waals surface area contributed by atoms with E-state index in [-0.39, 0.29) is 6.10 Å². The molecule has 0 radical (unpaired) electrons. The first-order valence-corrected chi connectivity index (χ1v) is 11.0. The van der Waals surface area contributed by atoms with Crippen LogP contribution < -0.4 is 10.1 Å².